The lowest BCUT2D eigenvalue weighted by molar-refractivity contribution is -0.00198. The first-order valence-corrected chi connectivity index (χ1v) is 8.21. The first-order valence-electron chi connectivity index (χ1n) is 8.21. The lowest BCUT2D eigenvalue weighted by Gasteiger charge is -2.27. The Bertz CT molecular complexity index is 692. The minimum atomic E-state index is -0.0386. The standard InChI is InChI=1S/C17H20N4O2/c22-17(20-9-5-2-6-10-20)16-14-12-23-15(11-21(14)19-18-16)13-7-3-1-4-8-13/h1,3-4,7-8,15H,2,5-6,9-12H2/t15-/m0/s1. The highest BCUT2D eigenvalue weighted by Gasteiger charge is 2.30. The van der Waals surface area contributed by atoms with Crippen LogP contribution in [0.2, 0.25) is 0 Å². The quantitative estimate of drug-likeness (QED) is 0.853. The number of hydrogen-bond donors (Lipinski definition) is 0. The topological polar surface area (TPSA) is 60.3 Å². The van der Waals surface area contributed by atoms with Crippen molar-refractivity contribution in [1.82, 2.24) is 19.9 Å². The molecule has 2 aliphatic rings. The molecule has 0 spiro atoms. The van der Waals surface area contributed by atoms with Gasteiger partial charge in [0.2, 0.25) is 0 Å². The van der Waals surface area contributed by atoms with Crippen LogP contribution in [0, 0.1) is 0 Å². The van der Waals surface area contributed by atoms with Gasteiger partial charge in [0.05, 0.1) is 18.8 Å². The Hall–Kier alpha value is -2.21. The van der Waals surface area contributed by atoms with E-state index in [1.165, 1.54) is 6.42 Å². The Morgan fingerprint density at radius 1 is 1.13 bits per heavy atom. The van der Waals surface area contributed by atoms with E-state index in [-0.39, 0.29) is 12.0 Å². The summed E-state index contributed by atoms with van der Waals surface area (Å²) in [5.41, 5.74) is 2.38. The maximum absolute atomic E-state index is 12.6. The zero-order chi connectivity index (χ0) is 15.6. The van der Waals surface area contributed by atoms with Gasteiger partial charge in [-0.05, 0) is 24.8 Å². The van der Waals surface area contributed by atoms with Gasteiger partial charge in [0.25, 0.3) is 5.91 Å². The van der Waals surface area contributed by atoms with Crippen molar-refractivity contribution in [2.45, 2.75) is 38.5 Å². The number of carbonyl (C=O) groups is 1. The summed E-state index contributed by atoms with van der Waals surface area (Å²) in [5.74, 6) is -0.00675. The molecule has 23 heavy (non-hydrogen) atoms. The molecule has 4 rings (SSSR count). The average Bonchev–Trinajstić information content (AvgIpc) is 3.05. The van der Waals surface area contributed by atoms with Crippen molar-refractivity contribution >= 4 is 5.91 Å². The van der Waals surface area contributed by atoms with Crippen LogP contribution < -0.4 is 0 Å². The van der Waals surface area contributed by atoms with Gasteiger partial charge in [0.15, 0.2) is 5.69 Å². The molecule has 120 valence electrons. The number of nitrogens with zero attached hydrogens (tertiary/aromatic N) is 4. The molecule has 1 amide bonds. The normalized spacial score (nSPS) is 21.0. The molecular formula is C17H20N4O2. The van der Waals surface area contributed by atoms with Gasteiger partial charge in [-0.2, -0.15) is 0 Å². The Morgan fingerprint density at radius 3 is 2.70 bits per heavy atom. The van der Waals surface area contributed by atoms with Crippen LogP contribution in [0.5, 0.6) is 0 Å². The summed E-state index contributed by atoms with van der Waals surface area (Å²) in [6, 6.07) is 10.1. The Labute approximate surface area is 135 Å². The van der Waals surface area contributed by atoms with Gasteiger partial charge in [-0.15, -0.1) is 5.10 Å². The molecule has 1 atom stereocenters. The molecule has 0 N–H and O–H groups in total. The van der Waals surface area contributed by atoms with Crippen molar-refractivity contribution in [3.8, 4) is 0 Å². The fraction of sp³-hybridized carbons (Fsp3) is 0.471. The van der Waals surface area contributed by atoms with Crippen LogP contribution in [0.15, 0.2) is 30.3 Å². The monoisotopic (exact) mass is 312 g/mol. The SMILES string of the molecule is O=C(c1nnn2c1CO[C@H](c1ccccc1)C2)N1CCCCC1. The summed E-state index contributed by atoms with van der Waals surface area (Å²) in [6.07, 6.45) is 3.30. The molecule has 0 unspecified atom stereocenters. The largest absolute Gasteiger partial charge is 0.365 e. The van der Waals surface area contributed by atoms with Crippen LogP contribution in [0.25, 0.3) is 0 Å². The predicted octanol–water partition coefficient (Wildman–Crippen LogP) is 2.18. The lowest BCUT2D eigenvalue weighted by atomic mass is 10.1. The van der Waals surface area contributed by atoms with Gasteiger partial charge >= 0.3 is 0 Å². The highest BCUT2D eigenvalue weighted by Crippen LogP contribution is 2.27. The van der Waals surface area contributed by atoms with Crippen LogP contribution in [-0.2, 0) is 17.9 Å². The maximum Gasteiger partial charge on any atom is 0.276 e. The number of hydrogen-bond acceptors (Lipinski definition) is 4. The van der Waals surface area contributed by atoms with E-state index < -0.39 is 0 Å². The summed E-state index contributed by atoms with van der Waals surface area (Å²) < 4.78 is 7.77. The van der Waals surface area contributed by atoms with E-state index in [1.54, 1.807) is 0 Å². The summed E-state index contributed by atoms with van der Waals surface area (Å²) >= 11 is 0. The van der Waals surface area contributed by atoms with Gasteiger partial charge in [-0.25, -0.2) is 4.68 Å². The first kappa shape index (κ1) is 14.4. The van der Waals surface area contributed by atoms with Crippen LogP contribution in [0.1, 0.15) is 47.1 Å². The molecule has 1 fully saturated rings. The van der Waals surface area contributed by atoms with Crippen molar-refractivity contribution in [1.29, 1.82) is 0 Å². The Morgan fingerprint density at radius 2 is 1.91 bits per heavy atom. The maximum atomic E-state index is 12.6. The number of aromatic nitrogens is 3. The number of fused-ring (bicyclic) bond motifs is 1. The van der Waals surface area contributed by atoms with Crippen LogP contribution in [0.4, 0.5) is 0 Å². The second-order valence-electron chi connectivity index (χ2n) is 6.13. The van der Waals surface area contributed by atoms with Gasteiger partial charge in [-0.1, -0.05) is 35.5 Å². The van der Waals surface area contributed by atoms with E-state index >= 15 is 0 Å². The zero-order valence-electron chi connectivity index (χ0n) is 13.0. The third kappa shape index (κ3) is 2.74. The summed E-state index contributed by atoms with van der Waals surface area (Å²) in [7, 11) is 0. The molecule has 0 saturated carbocycles. The number of likely N-dealkylation sites (tertiary alicyclic amines) is 1. The van der Waals surface area contributed by atoms with Crippen molar-refractivity contribution in [2.24, 2.45) is 0 Å². The molecule has 1 aromatic heterocycles. The van der Waals surface area contributed by atoms with Gasteiger partial charge in [-0.3, -0.25) is 4.79 Å². The van der Waals surface area contributed by atoms with Crippen LogP contribution in [0.3, 0.4) is 0 Å². The van der Waals surface area contributed by atoms with E-state index in [2.05, 4.69) is 10.3 Å². The minimum Gasteiger partial charge on any atom is -0.365 e. The lowest BCUT2D eigenvalue weighted by Crippen LogP contribution is -2.36. The molecule has 0 aliphatic carbocycles. The molecule has 2 aromatic rings. The van der Waals surface area contributed by atoms with E-state index in [1.807, 2.05) is 39.9 Å². The smallest absolute Gasteiger partial charge is 0.276 e. The van der Waals surface area contributed by atoms with Crippen molar-refractivity contribution in [3.63, 3.8) is 0 Å². The number of piperidine rings is 1. The molecule has 0 bridgehead atoms. The Balaban J connectivity index is 1.54. The second-order valence-corrected chi connectivity index (χ2v) is 6.13. The molecule has 6 nitrogen and oxygen atoms in total. The van der Waals surface area contributed by atoms with Gasteiger partial charge in [0.1, 0.15) is 6.10 Å². The molecule has 3 heterocycles. The third-order valence-corrected chi connectivity index (χ3v) is 4.61. The summed E-state index contributed by atoms with van der Waals surface area (Å²) in [4.78, 5) is 14.5. The number of ether oxygens (including phenoxy) is 1. The van der Waals surface area contributed by atoms with Crippen LogP contribution in [-0.4, -0.2) is 38.9 Å². The molecule has 0 radical (unpaired) electrons. The van der Waals surface area contributed by atoms with E-state index in [0.29, 0.717) is 18.8 Å². The van der Waals surface area contributed by atoms with E-state index in [9.17, 15) is 4.79 Å². The molecule has 1 aromatic carbocycles. The summed E-state index contributed by atoms with van der Waals surface area (Å²) in [5, 5.41) is 8.33. The molecule has 2 aliphatic heterocycles. The summed E-state index contributed by atoms with van der Waals surface area (Å²) in [6.45, 7) is 2.61. The van der Waals surface area contributed by atoms with Crippen molar-refractivity contribution in [2.75, 3.05) is 13.1 Å². The highest BCUT2D eigenvalue weighted by molar-refractivity contribution is 5.93. The first-order chi connectivity index (χ1) is 11.3. The second kappa shape index (κ2) is 6.12. The van der Waals surface area contributed by atoms with E-state index in [0.717, 1.165) is 37.2 Å². The highest BCUT2D eigenvalue weighted by atomic mass is 16.5. The van der Waals surface area contributed by atoms with Crippen molar-refractivity contribution in [3.05, 3.63) is 47.3 Å². The number of rotatable bonds is 2. The number of benzene rings is 1. The van der Waals surface area contributed by atoms with E-state index in [4.69, 9.17) is 4.74 Å². The Kier molecular flexibility index (Phi) is 3.83. The predicted molar refractivity (Wildman–Crippen MR) is 83.7 cm³/mol. The molecule has 1 saturated heterocycles. The number of amides is 1. The average molecular weight is 312 g/mol. The minimum absolute atomic E-state index is 0.00675. The zero-order valence-corrected chi connectivity index (χ0v) is 13.0. The van der Waals surface area contributed by atoms with Gasteiger partial charge < -0.3 is 9.64 Å². The fourth-order valence-electron chi connectivity index (χ4n) is 3.29. The third-order valence-electron chi connectivity index (χ3n) is 4.61. The van der Waals surface area contributed by atoms with Crippen molar-refractivity contribution < 1.29 is 9.53 Å². The molecule has 6 heteroatoms. The van der Waals surface area contributed by atoms with Gasteiger partial charge in [0, 0.05) is 13.1 Å². The van der Waals surface area contributed by atoms with Crippen LogP contribution >= 0.6 is 0 Å². The number of carbonyl (C=O) groups excluding carboxylic acids is 1. The molecular weight excluding hydrogens is 292 g/mol. The fourth-order valence-corrected chi connectivity index (χ4v) is 3.29.